The van der Waals surface area contributed by atoms with Crippen LogP contribution in [0.1, 0.15) is 10.8 Å². The van der Waals surface area contributed by atoms with Gasteiger partial charge in [0.15, 0.2) is 5.16 Å². The van der Waals surface area contributed by atoms with Gasteiger partial charge in [-0.1, -0.05) is 47.1 Å². The van der Waals surface area contributed by atoms with Gasteiger partial charge >= 0.3 is 5.97 Å². The summed E-state index contributed by atoms with van der Waals surface area (Å²) in [4.78, 5) is 15.9. The summed E-state index contributed by atoms with van der Waals surface area (Å²) in [5, 5.41) is 6.93. The minimum atomic E-state index is -0.663. The van der Waals surface area contributed by atoms with Gasteiger partial charge in [0, 0.05) is 0 Å². The fraction of sp³-hybridized carbons (Fsp3) is 0.182. The second-order valence-corrected chi connectivity index (χ2v) is 5.33. The van der Waals surface area contributed by atoms with E-state index in [9.17, 15) is 4.79 Å². The highest BCUT2D eigenvalue weighted by molar-refractivity contribution is 8.00. The molecule has 1 unspecified atom stereocenters. The average molecular weight is 318 g/mol. The van der Waals surface area contributed by atoms with Crippen molar-refractivity contribution in [2.45, 2.75) is 10.4 Å². The van der Waals surface area contributed by atoms with E-state index in [4.69, 9.17) is 27.9 Å². The zero-order valence-electron chi connectivity index (χ0n) is 9.76. The monoisotopic (exact) mass is 317 g/mol. The first-order valence-corrected chi connectivity index (χ1v) is 6.80. The molecule has 0 aliphatic rings. The van der Waals surface area contributed by atoms with Crippen LogP contribution in [0, 0.1) is 0 Å². The van der Waals surface area contributed by atoms with Crippen molar-refractivity contribution in [3.63, 3.8) is 0 Å². The Morgan fingerprint density at radius 1 is 1.47 bits per heavy atom. The molecule has 1 atom stereocenters. The Labute approximate surface area is 123 Å². The van der Waals surface area contributed by atoms with Gasteiger partial charge in [0.2, 0.25) is 0 Å². The average Bonchev–Trinajstić information content (AvgIpc) is 2.92. The van der Waals surface area contributed by atoms with E-state index in [1.165, 1.54) is 13.4 Å². The number of H-pyrrole nitrogens is 1. The highest BCUT2D eigenvalue weighted by atomic mass is 35.5. The lowest BCUT2D eigenvalue weighted by Gasteiger charge is -2.15. The van der Waals surface area contributed by atoms with Crippen molar-refractivity contribution >= 4 is 40.9 Å². The van der Waals surface area contributed by atoms with Crippen LogP contribution in [0.4, 0.5) is 0 Å². The Morgan fingerprint density at radius 3 is 2.89 bits per heavy atom. The van der Waals surface area contributed by atoms with Crippen LogP contribution in [0.5, 0.6) is 0 Å². The van der Waals surface area contributed by atoms with Gasteiger partial charge < -0.3 is 4.74 Å². The molecule has 1 heterocycles. The topological polar surface area (TPSA) is 67.9 Å². The van der Waals surface area contributed by atoms with E-state index in [-0.39, 0.29) is 0 Å². The molecule has 1 aromatic heterocycles. The van der Waals surface area contributed by atoms with E-state index in [1.54, 1.807) is 18.2 Å². The molecule has 1 N–H and O–H groups in total. The van der Waals surface area contributed by atoms with Crippen molar-refractivity contribution in [3.8, 4) is 0 Å². The lowest BCUT2D eigenvalue weighted by atomic mass is 10.1. The van der Waals surface area contributed by atoms with Crippen molar-refractivity contribution in [2.24, 2.45) is 0 Å². The standard InChI is InChI=1S/C11H9Cl2N3O2S/c1-18-10(17)9(19-11-14-5-15-16-11)6-3-2-4-7(12)8(6)13/h2-5,9H,1H3,(H,14,15,16). The summed E-state index contributed by atoms with van der Waals surface area (Å²) in [7, 11) is 1.31. The Bertz CT molecular complexity index is 577. The van der Waals surface area contributed by atoms with Crippen molar-refractivity contribution in [1.82, 2.24) is 15.2 Å². The van der Waals surface area contributed by atoms with Crippen LogP contribution in [0.3, 0.4) is 0 Å². The maximum Gasteiger partial charge on any atom is 0.323 e. The minimum Gasteiger partial charge on any atom is -0.468 e. The zero-order chi connectivity index (χ0) is 13.8. The number of halogens is 2. The molecule has 8 heteroatoms. The van der Waals surface area contributed by atoms with E-state index >= 15 is 0 Å². The molecule has 0 spiro atoms. The highest BCUT2D eigenvalue weighted by Gasteiger charge is 2.27. The number of hydrogen-bond acceptors (Lipinski definition) is 5. The number of nitrogens with zero attached hydrogens (tertiary/aromatic N) is 2. The van der Waals surface area contributed by atoms with Gasteiger partial charge in [-0.05, 0) is 11.6 Å². The number of carbonyl (C=O) groups excluding carboxylic acids is 1. The lowest BCUT2D eigenvalue weighted by molar-refractivity contribution is -0.140. The molecule has 19 heavy (non-hydrogen) atoms. The molecular formula is C11H9Cl2N3O2S. The van der Waals surface area contributed by atoms with E-state index in [0.29, 0.717) is 20.8 Å². The molecule has 100 valence electrons. The first-order valence-electron chi connectivity index (χ1n) is 5.17. The number of benzene rings is 1. The summed E-state index contributed by atoms with van der Waals surface area (Å²) in [5.41, 5.74) is 0.572. The largest absolute Gasteiger partial charge is 0.468 e. The first kappa shape index (κ1) is 14.2. The Kier molecular flexibility index (Phi) is 4.68. The van der Waals surface area contributed by atoms with E-state index < -0.39 is 11.2 Å². The quantitative estimate of drug-likeness (QED) is 0.693. The van der Waals surface area contributed by atoms with Gasteiger partial charge in [0.1, 0.15) is 11.6 Å². The molecule has 0 aliphatic heterocycles. The number of esters is 1. The highest BCUT2D eigenvalue weighted by Crippen LogP contribution is 2.39. The van der Waals surface area contributed by atoms with Gasteiger partial charge in [-0.3, -0.25) is 9.89 Å². The number of methoxy groups -OCH3 is 1. The summed E-state index contributed by atoms with van der Waals surface area (Å²) < 4.78 is 4.79. The SMILES string of the molecule is COC(=O)C(Sc1ncn[nH]1)c1cccc(Cl)c1Cl. The number of thioether (sulfide) groups is 1. The van der Waals surface area contributed by atoms with Crippen LogP contribution in [0.15, 0.2) is 29.7 Å². The molecule has 2 aromatic rings. The number of hydrogen-bond donors (Lipinski definition) is 1. The number of aromatic amines is 1. The molecule has 5 nitrogen and oxygen atoms in total. The zero-order valence-corrected chi connectivity index (χ0v) is 12.1. The lowest BCUT2D eigenvalue weighted by Crippen LogP contribution is -2.12. The van der Waals surface area contributed by atoms with Gasteiger partial charge in [0.25, 0.3) is 0 Å². The molecular weight excluding hydrogens is 309 g/mol. The third kappa shape index (κ3) is 3.20. The maximum atomic E-state index is 11.9. The van der Waals surface area contributed by atoms with Crippen LogP contribution in [0.2, 0.25) is 10.0 Å². The summed E-state index contributed by atoms with van der Waals surface area (Å²) in [6, 6.07) is 5.10. The second kappa shape index (κ2) is 6.27. The van der Waals surface area contributed by atoms with E-state index in [2.05, 4.69) is 15.2 Å². The Balaban J connectivity index is 2.37. The number of aromatic nitrogens is 3. The normalized spacial score (nSPS) is 12.2. The van der Waals surface area contributed by atoms with E-state index in [1.807, 2.05) is 0 Å². The summed E-state index contributed by atoms with van der Waals surface area (Å²) in [5.74, 6) is -0.439. The second-order valence-electron chi connectivity index (χ2n) is 3.45. The van der Waals surface area contributed by atoms with E-state index in [0.717, 1.165) is 11.8 Å². The van der Waals surface area contributed by atoms with Crippen LogP contribution < -0.4 is 0 Å². The minimum absolute atomic E-state index is 0.326. The predicted octanol–water partition coefficient (Wildman–Crippen LogP) is 3.12. The van der Waals surface area contributed by atoms with Crippen LogP contribution in [-0.2, 0) is 9.53 Å². The number of nitrogens with one attached hydrogen (secondary N) is 1. The third-order valence-corrected chi connectivity index (χ3v) is 4.24. The van der Waals surface area contributed by atoms with Gasteiger partial charge in [-0.2, -0.15) is 5.10 Å². The smallest absolute Gasteiger partial charge is 0.323 e. The number of ether oxygens (including phenoxy) is 1. The molecule has 0 amide bonds. The van der Waals surface area contributed by atoms with Crippen LogP contribution >= 0.6 is 35.0 Å². The molecule has 0 saturated heterocycles. The van der Waals surface area contributed by atoms with Crippen molar-refractivity contribution in [2.75, 3.05) is 7.11 Å². The van der Waals surface area contributed by atoms with Crippen molar-refractivity contribution in [1.29, 1.82) is 0 Å². The third-order valence-electron chi connectivity index (χ3n) is 2.30. The molecule has 0 bridgehead atoms. The fourth-order valence-electron chi connectivity index (χ4n) is 1.43. The molecule has 0 saturated carbocycles. The predicted molar refractivity (Wildman–Crippen MR) is 73.5 cm³/mol. The van der Waals surface area contributed by atoms with Crippen LogP contribution in [-0.4, -0.2) is 28.3 Å². The van der Waals surface area contributed by atoms with Crippen molar-refractivity contribution in [3.05, 3.63) is 40.1 Å². The molecule has 0 radical (unpaired) electrons. The van der Waals surface area contributed by atoms with Crippen LogP contribution in [0.25, 0.3) is 0 Å². The molecule has 0 fully saturated rings. The Morgan fingerprint density at radius 2 is 2.26 bits per heavy atom. The first-order chi connectivity index (χ1) is 9.13. The Hall–Kier alpha value is -1.24. The van der Waals surface area contributed by atoms with Gasteiger partial charge in [-0.25, -0.2) is 4.98 Å². The summed E-state index contributed by atoms with van der Waals surface area (Å²) in [6.45, 7) is 0. The van der Waals surface area contributed by atoms with Gasteiger partial charge in [-0.15, -0.1) is 0 Å². The van der Waals surface area contributed by atoms with Crippen molar-refractivity contribution < 1.29 is 9.53 Å². The summed E-state index contributed by atoms with van der Waals surface area (Å²) >= 11 is 13.2. The fourth-order valence-corrected chi connectivity index (χ4v) is 2.87. The molecule has 2 rings (SSSR count). The number of carbonyl (C=O) groups is 1. The van der Waals surface area contributed by atoms with Gasteiger partial charge in [0.05, 0.1) is 17.2 Å². The summed E-state index contributed by atoms with van der Waals surface area (Å²) in [6.07, 6.45) is 1.36. The molecule has 0 aliphatic carbocycles. The maximum absolute atomic E-state index is 11.9. The molecule has 1 aromatic carbocycles. The number of rotatable bonds is 4.